The van der Waals surface area contributed by atoms with Crippen molar-refractivity contribution in [3.8, 4) is 17.1 Å². The van der Waals surface area contributed by atoms with Gasteiger partial charge >= 0.3 is 12.3 Å². The first-order valence-corrected chi connectivity index (χ1v) is 17.5. The van der Waals surface area contributed by atoms with Crippen LogP contribution in [0.4, 0.5) is 29.3 Å². The van der Waals surface area contributed by atoms with Crippen molar-refractivity contribution < 1.29 is 42.2 Å². The van der Waals surface area contributed by atoms with Crippen molar-refractivity contribution in [1.29, 1.82) is 0 Å². The lowest BCUT2D eigenvalue weighted by atomic mass is 10.1. The number of likely N-dealkylation sites (tertiary alicyclic amines) is 1. The van der Waals surface area contributed by atoms with E-state index in [2.05, 4.69) is 20.4 Å². The Kier molecular flexibility index (Phi) is 10.5. The summed E-state index contributed by atoms with van der Waals surface area (Å²) in [5.74, 6) is -1.64. The molecule has 3 aromatic heterocycles. The Labute approximate surface area is 317 Å². The Morgan fingerprint density at radius 1 is 1.00 bits per heavy atom. The maximum absolute atomic E-state index is 14.1. The molecule has 2 fully saturated rings. The number of alkyl halides is 3. The van der Waals surface area contributed by atoms with Gasteiger partial charge < -0.3 is 35.3 Å². The zero-order chi connectivity index (χ0) is 40.0. The Balaban J connectivity index is 1.10. The molecule has 0 aliphatic carbocycles. The van der Waals surface area contributed by atoms with Gasteiger partial charge in [-0.05, 0) is 51.1 Å². The minimum absolute atomic E-state index is 0.0216. The average Bonchev–Trinajstić information content (AvgIpc) is 3.84. The summed E-state index contributed by atoms with van der Waals surface area (Å²) in [7, 11) is 1.38. The lowest BCUT2D eigenvalue weighted by Crippen LogP contribution is -2.55. The van der Waals surface area contributed by atoms with Gasteiger partial charge in [0.25, 0.3) is 11.8 Å². The number of rotatable bonds is 6. The molecule has 2 aliphatic rings. The van der Waals surface area contributed by atoms with Crippen LogP contribution in [0.5, 0.6) is 0 Å². The highest BCUT2D eigenvalue weighted by Gasteiger charge is 2.43. The van der Waals surface area contributed by atoms with Gasteiger partial charge in [-0.2, -0.15) is 18.3 Å². The van der Waals surface area contributed by atoms with Gasteiger partial charge in [0.15, 0.2) is 17.3 Å². The van der Waals surface area contributed by atoms with Crippen LogP contribution in [0.2, 0.25) is 5.02 Å². The smallest absolute Gasteiger partial charge is 0.435 e. The van der Waals surface area contributed by atoms with Crippen LogP contribution >= 0.6 is 11.6 Å². The van der Waals surface area contributed by atoms with E-state index in [-0.39, 0.29) is 84.2 Å². The third kappa shape index (κ3) is 8.36. The summed E-state index contributed by atoms with van der Waals surface area (Å²) < 4.78 is 49.7. The number of aliphatic hydroxyl groups excluding tert-OH is 1. The van der Waals surface area contributed by atoms with Crippen molar-refractivity contribution in [3.05, 3.63) is 71.0 Å². The number of carbonyl (C=O) groups excluding carboxylic acids is 4. The quantitative estimate of drug-likeness (QED) is 0.259. The van der Waals surface area contributed by atoms with Gasteiger partial charge in [0.05, 0.1) is 52.6 Å². The van der Waals surface area contributed by atoms with E-state index in [9.17, 15) is 37.5 Å². The zero-order valence-corrected chi connectivity index (χ0v) is 30.9. The number of β-amino-alcohol motifs (C(OH)–C–C–N with tert-alkyl or cyclic N) is 1. The molecule has 55 heavy (non-hydrogen) atoms. The molecule has 0 radical (unpaired) electrons. The van der Waals surface area contributed by atoms with Crippen molar-refractivity contribution >= 4 is 46.8 Å². The molecule has 2 atom stereocenters. The van der Waals surface area contributed by atoms with E-state index in [1.54, 1.807) is 25.7 Å². The van der Waals surface area contributed by atoms with Gasteiger partial charge in [0, 0.05) is 51.5 Å². The number of aromatic nitrogens is 5. The molecule has 4 N–H and O–H groups in total. The number of imidazole rings is 1. The molecule has 6 rings (SSSR count). The minimum atomic E-state index is -4.84. The summed E-state index contributed by atoms with van der Waals surface area (Å²) >= 11 is 6.50. The van der Waals surface area contributed by atoms with Gasteiger partial charge in [-0.1, -0.05) is 11.6 Å². The molecule has 4 aromatic rings. The fraction of sp³-hybridized carbons (Fsp3) is 0.400. The molecule has 0 saturated carbocycles. The van der Waals surface area contributed by atoms with Crippen LogP contribution in [0.1, 0.15) is 53.9 Å². The van der Waals surface area contributed by atoms with Gasteiger partial charge in [-0.25, -0.2) is 19.4 Å². The van der Waals surface area contributed by atoms with Crippen LogP contribution < -0.4 is 11.1 Å². The fourth-order valence-electron chi connectivity index (χ4n) is 6.33. The number of carbonyl (C=O) groups is 4. The van der Waals surface area contributed by atoms with E-state index in [0.717, 1.165) is 17.1 Å². The number of hydrogen-bond acceptors (Lipinski definition) is 10. The van der Waals surface area contributed by atoms with Gasteiger partial charge in [-0.3, -0.25) is 19.3 Å². The fourth-order valence-corrected chi connectivity index (χ4v) is 6.59. The summed E-state index contributed by atoms with van der Waals surface area (Å²) in [6, 6.07) is 6.22. The van der Waals surface area contributed by atoms with Crippen molar-refractivity contribution in [3.63, 3.8) is 0 Å². The number of nitrogens with zero attached hydrogens (tertiary/aromatic N) is 8. The Bertz CT molecular complexity index is 2120. The predicted molar refractivity (Wildman–Crippen MR) is 192 cm³/mol. The van der Waals surface area contributed by atoms with Crippen LogP contribution in [-0.4, -0.2) is 118 Å². The first-order chi connectivity index (χ1) is 25.8. The highest BCUT2D eigenvalue weighted by Crippen LogP contribution is 2.37. The molecule has 4 amide bonds. The minimum Gasteiger partial charge on any atom is -0.444 e. The predicted octanol–water partition coefficient (Wildman–Crippen LogP) is 3.83. The van der Waals surface area contributed by atoms with Crippen molar-refractivity contribution in [2.45, 2.75) is 51.1 Å². The summed E-state index contributed by atoms with van der Waals surface area (Å²) in [5.41, 5.74) is 3.93. The number of nitrogens with two attached hydrogens (primary N) is 1. The van der Waals surface area contributed by atoms with Crippen LogP contribution in [0, 0.1) is 0 Å². The molecule has 16 nitrogen and oxygen atoms in total. The average molecular weight is 787 g/mol. The second-order valence-corrected chi connectivity index (χ2v) is 14.5. The highest BCUT2D eigenvalue weighted by atomic mass is 35.5. The zero-order valence-electron chi connectivity index (χ0n) is 30.2. The number of benzene rings is 1. The number of pyridine rings is 1. The second kappa shape index (κ2) is 14.9. The molecule has 0 bridgehead atoms. The van der Waals surface area contributed by atoms with Gasteiger partial charge in [0.2, 0.25) is 5.91 Å². The highest BCUT2D eigenvalue weighted by molar-refractivity contribution is 6.34. The molecule has 5 heterocycles. The standard InChI is InChI=1S/C35H38ClF3N10O6/c1-34(2,3)55-33(54)48-17-21(50)14-25(48)32(53)47-11-9-46(10-12-47)31(52)22-7-6-20(13-24(22)36)43-30(51)29-42-16-26(45(29)4)23-18-49(44-28(23)35(37,38)39)27-8-5-19(40)15-41-27/h5-8,13,15-16,18,21,25,50H,9-12,14,17,40H2,1-4H3,(H,43,51)/t21-,25+/m1/s1. The number of hydrogen-bond donors (Lipinski definition) is 3. The third-order valence-corrected chi connectivity index (χ3v) is 9.30. The number of amides is 4. The van der Waals surface area contributed by atoms with Crippen LogP contribution in [0.25, 0.3) is 17.1 Å². The monoisotopic (exact) mass is 786 g/mol. The van der Waals surface area contributed by atoms with E-state index in [1.807, 2.05) is 0 Å². The van der Waals surface area contributed by atoms with Crippen LogP contribution in [0.3, 0.4) is 0 Å². The molecular weight excluding hydrogens is 749 g/mol. The first kappa shape index (κ1) is 39.0. The van der Waals surface area contributed by atoms with E-state index in [1.165, 1.54) is 57.9 Å². The third-order valence-electron chi connectivity index (χ3n) is 8.98. The largest absolute Gasteiger partial charge is 0.444 e. The van der Waals surface area contributed by atoms with E-state index in [4.69, 9.17) is 22.1 Å². The Morgan fingerprint density at radius 2 is 1.69 bits per heavy atom. The number of piperazine rings is 1. The number of nitrogens with one attached hydrogen (secondary N) is 1. The van der Waals surface area contributed by atoms with Crippen molar-refractivity contribution in [2.24, 2.45) is 7.05 Å². The maximum atomic E-state index is 14.1. The molecule has 20 heteroatoms. The molecular formula is C35H38ClF3N10O6. The van der Waals surface area contributed by atoms with Crippen molar-refractivity contribution in [2.75, 3.05) is 43.8 Å². The number of anilines is 2. The van der Waals surface area contributed by atoms with Gasteiger partial charge in [0.1, 0.15) is 11.6 Å². The number of ether oxygens (including phenoxy) is 1. The summed E-state index contributed by atoms with van der Waals surface area (Å²) in [6.07, 6.45) is -2.79. The Morgan fingerprint density at radius 3 is 2.31 bits per heavy atom. The maximum Gasteiger partial charge on any atom is 0.435 e. The lowest BCUT2D eigenvalue weighted by Gasteiger charge is -2.37. The number of halogens is 4. The Hall–Kier alpha value is -5.69. The molecule has 292 valence electrons. The summed E-state index contributed by atoms with van der Waals surface area (Å²) in [5, 5.41) is 16.6. The summed E-state index contributed by atoms with van der Waals surface area (Å²) in [6.45, 7) is 5.81. The second-order valence-electron chi connectivity index (χ2n) is 14.1. The number of nitrogen functional groups attached to an aromatic ring is 1. The molecule has 1 aromatic carbocycles. The van der Waals surface area contributed by atoms with Crippen molar-refractivity contribution in [1.82, 2.24) is 39.0 Å². The van der Waals surface area contributed by atoms with E-state index in [0.29, 0.717) is 5.69 Å². The summed E-state index contributed by atoms with van der Waals surface area (Å²) in [4.78, 5) is 65.3. The normalized spacial score (nSPS) is 17.7. The molecule has 0 spiro atoms. The molecule has 0 unspecified atom stereocenters. The lowest BCUT2D eigenvalue weighted by molar-refractivity contribution is -0.141. The SMILES string of the molecule is Cn1c(-c2cn(-c3ccc(N)cn3)nc2C(F)(F)F)cnc1C(=O)Nc1ccc(C(=O)N2CCN(C(=O)[C@@H]3C[C@@H](O)CN3C(=O)OC(C)(C)C)CC2)c(Cl)c1. The van der Waals surface area contributed by atoms with E-state index >= 15 is 0 Å². The van der Waals surface area contributed by atoms with Gasteiger partial charge in [-0.15, -0.1) is 0 Å². The van der Waals surface area contributed by atoms with Crippen LogP contribution in [-0.2, 0) is 22.8 Å². The topological polar surface area (TPSA) is 194 Å². The molecule has 2 saturated heterocycles. The van der Waals surface area contributed by atoms with Crippen LogP contribution in [0.15, 0.2) is 48.9 Å². The molecule has 2 aliphatic heterocycles. The first-order valence-electron chi connectivity index (χ1n) is 17.1. The number of aliphatic hydroxyl groups is 1. The van der Waals surface area contributed by atoms with E-state index < -0.39 is 47.5 Å².